The van der Waals surface area contributed by atoms with Crippen molar-refractivity contribution in [2.75, 3.05) is 7.11 Å². The predicted octanol–water partition coefficient (Wildman–Crippen LogP) is 2.18. The van der Waals surface area contributed by atoms with Gasteiger partial charge in [-0.1, -0.05) is 0 Å². The molecule has 0 radical (unpaired) electrons. The number of aromatic nitrogens is 1. The van der Waals surface area contributed by atoms with Crippen LogP contribution in [0.3, 0.4) is 0 Å². The third kappa shape index (κ3) is 2.25. The number of aliphatic carboxylic acids is 1. The van der Waals surface area contributed by atoms with Crippen LogP contribution >= 0.6 is 15.9 Å². The highest BCUT2D eigenvalue weighted by Crippen LogP contribution is 2.48. The Morgan fingerprint density at radius 1 is 1.75 bits per heavy atom. The molecule has 1 saturated carbocycles. The molecule has 0 spiro atoms. The fourth-order valence-electron chi connectivity index (χ4n) is 1.87. The fraction of sp³-hybridized carbons (Fsp3) is 0.455. The van der Waals surface area contributed by atoms with Gasteiger partial charge in [-0.05, 0) is 28.4 Å². The SMILES string of the molecule is COCc1cc(Br)cnc1C1CC1C(=O)O. The van der Waals surface area contributed by atoms with Crippen LogP contribution in [0.5, 0.6) is 0 Å². The van der Waals surface area contributed by atoms with Gasteiger partial charge in [-0.2, -0.15) is 0 Å². The van der Waals surface area contributed by atoms with E-state index in [0.717, 1.165) is 15.7 Å². The molecule has 2 rings (SSSR count). The summed E-state index contributed by atoms with van der Waals surface area (Å²) in [6.07, 6.45) is 2.38. The number of nitrogens with zero attached hydrogens (tertiary/aromatic N) is 1. The molecule has 0 bridgehead atoms. The van der Waals surface area contributed by atoms with Crippen LogP contribution in [0.15, 0.2) is 16.7 Å². The van der Waals surface area contributed by atoms with Crippen LogP contribution in [-0.2, 0) is 16.1 Å². The van der Waals surface area contributed by atoms with E-state index in [-0.39, 0.29) is 11.8 Å². The Kier molecular flexibility index (Phi) is 3.25. The minimum absolute atomic E-state index is 0.0516. The van der Waals surface area contributed by atoms with Gasteiger partial charge >= 0.3 is 5.97 Å². The zero-order valence-corrected chi connectivity index (χ0v) is 10.4. The topological polar surface area (TPSA) is 59.4 Å². The van der Waals surface area contributed by atoms with Crippen LogP contribution in [0.1, 0.15) is 23.6 Å². The van der Waals surface area contributed by atoms with Crippen molar-refractivity contribution >= 4 is 21.9 Å². The van der Waals surface area contributed by atoms with Crippen molar-refractivity contribution in [3.63, 3.8) is 0 Å². The molecule has 1 N–H and O–H groups in total. The van der Waals surface area contributed by atoms with E-state index in [2.05, 4.69) is 20.9 Å². The molecule has 0 amide bonds. The van der Waals surface area contributed by atoms with Crippen molar-refractivity contribution in [2.24, 2.45) is 5.92 Å². The monoisotopic (exact) mass is 285 g/mol. The number of carboxylic acid groups (broad SMARTS) is 1. The van der Waals surface area contributed by atoms with E-state index in [9.17, 15) is 4.79 Å². The Balaban J connectivity index is 2.24. The second-order valence-electron chi connectivity index (χ2n) is 3.92. The molecule has 5 heteroatoms. The van der Waals surface area contributed by atoms with E-state index >= 15 is 0 Å². The van der Waals surface area contributed by atoms with E-state index in [1.165, 1.54) is 0 Å². The Bertz CT molecular complexity index is 422. The number of hydrogen-bond donors (Lipinski definition) is 1. The summed E-state index contributed by atoms with van der Waals surface area (Å²) < 4.78 is 5.97. The maximum Gasteiger partial charge on any atom is 0.307 e. The lowest BCUT2D eigenvalue weighted by Gasteiger charge is -2.07. The van der Waals surface area contributed by atoms with Crippen LogP contribution in [0.4, 0.5) is 0 Å². The molecule has 86 valence electrons. The van der Waals surface area contributed by atoms with Gasteiger partial charge in [0, 0.05) is 35.0 Å². The second kappa shape index (κ2) is 4.51. The summed E-state index contributed by atoms with van der Waals surface area (Å²) in [7, 11) is 1.62. The van der Waals surface area contributed by atoms with Crippen LogP contribution in [0.25, 0.3) is 0 Å². The van der Waals surface area contributed by atoms with Crippen molar-refractivity contribution in [1.82, 2.24) is 4.98 Å². The van der Waals surface area contributed by atoms with Crippen LogP contribution in [0.2, 0.25) is 0 Å². The van der Waals surface area contributed by atoms with E-state index in [4.69, 9.17) is 9.84 Å². The molecule has 2 atom stereocenters. The summed E-state index contributed by atoms with van der Waals surface area (Å²) >= 11 is 3.35. The Labute approximate surface area is 102 Å². The quantitative estimate of drug-likeness (QED) is 0.921. The van der Waals surface area contributed by atoms with Gasteiger partial charge in [0.25, 0.3) is 0 Å². The molecule has 0 aliphatic heterocycles. The number of methoxy groups -OCH3 is 1. The molecule has 1 aliphatic rings. The average Bonchev–Trinajstić information content (AvgIpc) is 2.98. The molecule has 4 nitrogen and oxygen atoms in total. The molecular weight excluding hydrogens is 274 g/mol. The van der Waals surface area contributed by atoms with Gasteiger partial charge in [-0.15, -0.1) is 0 Å². The first-order valence-corrected chi connectivity index (χ1v) is 5.79. The highest BCUT2D eigenvalue weighted by atomic mass is 79.9. The van der Waals surface area contributed by atoms with Crippen molar-refractivity contribution in [2.45, 2.75) is 18.9 Å². The normalized spacial score (nSPS) is 23.1. The maximum atomic E-state index is 10.8. The lowest BCUT2D eigenvalue weighted by Crippen LogP contribution is -2.03. The largest absolute Gasteiger partial charge is 0.481 e. The summed E-state index contributed by atoms with van der Waals surface area (Å²) in [5, 5.41) is 8.89. The lowest BCUT2D eigenvalue weighted by molar-refractivity contribution is -0.138. The predicted molar refractivity (Wildman–Crippen MR) is 61.1 cm³/mol. The van der Waals surface area contributed by atoms with Crippen molar-refractivity contribution < 1.29 is 14.6 Å². The molecule has 1 aromatic heterocycles. The lowest BCUT2D eigenvalue weighted by atomic mass is 10.1. The Hall–Kier alpha value is -0.940. The number of hydrogen-bond acceptors (Lipinski definition) is 3. The number of halogens is 1. The maximum absolute atomic E-state index is 10.8. The zero-order valence-electron chi connectivity index (χ0n) is 8.81. The van der Waals surface area contributed by atoms with Crippen LogP contribution in [-0.4, -0.2) is 23.2 Å². The van der Waals surface area contributed by atoms with Crippen molar-refractivity contribution in [3.8, 4) is 0 Å². The number of pyridine rings is 1. The molecule has 1 heterocycles. The first-order valence-electron chi connectivity index (χ1n) is 4.99. The second-order valence-corrected chi connectivity index (χ2v) is 4.83. The van der Waals surface area contributed by atoms with Crippen LogP contribution in [0, 0.1) is 5.92 Å². The molecule has 1 aromatic rings. The molecule has 1 fully saturated rings. The van der Waals surface area contributed by atoms with Gasteiger partial charge in [0.1, 0.15) is 0 Å². The standard InChI is InChI=1S/C11H12BrNO3/c1-16-5-6-2-7(12)4-13-10(6)8-3-9(8)11(14)15/h2,4,8-9H,3,5H2,1H3,(H,14,15). The summed E-state index contributed by atoms with van der Waals surface area (Å²) in [5.74, 6) is -0.960. The molecule has 1 aliphatic carbocycles. The summed E-state index contributed by atoms with van der Waals surface area (Å²) in [5.41, 5.74) is 1.82. The molecular formula is C11H12BrNO3. The first kappa shape index (κ1) is 11.5. The van der Waals surface area contributed by atoms with Gasteiger partial charge in [0.05, 0.1) is 12.5 Å². The van der Waals surface area contributed by atoms with Crippen LogP contribution < -0.4 is 0 Å². The fourth-order valence-corrected chi connectivity index (χ4v) is 2.25. The van der Waals surface area contributed by atoms with Gasteiger partial charge < -0.3 is 9.84 Å². The number of carbonyl (C=O) groups is 1. The van der Waals surface area contributed by atoms with E-state index < -0.39 is 5.97 Å². The van der Waals surface area contributed by atoms with E-state index in [0.29, 0.717) is 13.0 Å². The first-order chi connectivity index (χ1) is 7.63. The Morgan fingerprint density at radius 2 is 2.50 bits per heavy atom. The summed E-state index contributed by atoms with van der Waals surface area (Å²) in [6.45, 7) is 0.463. The Morgan fingerprint density at radius 3 is 3.06 bits per heavy atom. The van der Waals surface area contributed by atoms with E-state index in [1.54, 1.807) is 13.3 Å². The number of rotatable bonds is 4. The highest BCUT2D eigenvalue weighted by molar-refractivity contribution is 9.10. The van der Waals surface area contributed by atoms with Gasteiger partial charge in [-0.3, -0.25) is 9.78 Å². The average molecular weight is 286 g/mol. The van der Waals surface area contributed by atoms with Gasteiger partial charge in [-0.25, -0.2) is 0 Å². The summed E-state index contributed by atoms with van der Waals surface area (Å²) in [6, 6.07) is 1.93. The number of ether oxygens (including phenoxy) is 1. The van der Waals surface area contributed by atoms with E-state index in [1.807, 2.05) is 6.07 Å². The van der Waals surface area contributed by atoms with Gasteiger partial charge in [0.15, 0.2) is 0 Å². The molecule has 16 heavy (non-hydrogen) atoms. The third-order valence-corrected chi connectivity index (χ3v) is 3.16. The molecule has 0 aromatic carbocycles. The minimum Gasteiger partial charge on any atom is -0.481 e. The van der Waals surface area contributed by atoms with Gasteiger partial charge in [0.2, 0.25) is 0 Å². The number of carboxylic acids is 1. The molecule has 2 unspecified atom stereocenters. The zero-order chi connectivity index (χ0) is 11.7. The third-order valence-electron chi connectivity index (χ3n) is 2.73. The van der Waals surface area contributed by atoms with Crippen molar-refractivity contribution in [3.05, 3.63) is 28.0 Å². The smallest absolute Gasteiger partial charge is 0.307 e. The summed E-state index contributed by atoms with van der Waals surface area (Å²) in [4.78, 5) is 15.1. The highest BCUT2D eigenvalue weighted by Gasteiger charge is 2.46. The minimum atomic E-state index is -0.738. The molecule has 0 saturated heterocycles. The van der Waals surface area contributed by atoms with Crippen molar-refractivity contribution in [1.29, 1.82) is 0 Å².